The molecular weight excluding hydrogens is 249 g/mol. The van der Waals surface area contributed by atoms with Crippen LogP contribution in [-0.2, 0) is 4.74 Å². The van der Waals surface area contributed by atoms with Crippen molar-refractivity contribution in [3.63, 3.8) is 0 Å². The third-order valence-corrected chi connectivity index (χ3v) is 2.88. The predicted molar refractivity (Wildman–Crippen MR) is 73.2 cm³/mol. The van der Waals surface area contributed by atoms with Crippen LogP contribution in [0.15, 0.2) is 12.1 Å². The minimum absolute atomic E-state index is 0.151. The van der Waals surface area contributed by atoms with Crippen LogP contribution in [0.2, 0.25) is 0 Å². The molecule has 0 aromatic heterocycles. The molecule has 0 unspecified atom stereocenters. The van der Waals surface area contributed by atoms with Gasteiger partial charge in [-0.1, -0.05) is 0 Å². The highest BCUT2D eigenvalue weighted by Gasteiger charge is 2.17. The van der Waals surface area contributed by atoms with Gasteiger partial charge in [0.2, 0.25) is 0 Å². The second-order valence-corrected chi connectivity index (χ2v) is 4.82. The second-order valence-electron chi connectivity index (χ2n) is 4.82. The lowest BCUT2D eigenvalue weighted by molar-refractivity contribution is 0.00549. The molecular formula is C14H22FNO3. The molecule has 0 heterocycles. The zero-order valence-electron chi connectivity index (χ0n) is 12.0. The molecule has 108 valence electrons. The van der Waals surface area contributed by atoms with Crippen LogP contribution in [0.4, 0.5) is 10.1 Å². The Bertz CT molecular complexity index is 421. The summed E-state index contributed by atoms with van der Waals surface area (Å²) in [6, 6.07) is 2.69. The summed E-state index contributed by atoms with van der Waals surface area (Å²) >= 11 is 0. The van der Waals surface area contributed by atoms with Gasteiger partial charge in [-0.25, -0.2) is 4.39 Å². The monoisotopic (exact) mass is 271 g/mol. The van der Waals surface area contributed by atoms with Gasteiger partial charge in [0.25, 0.3) is 0 Å². The number of nitrogen functional groups attached to an aromatic ring is 1. The Kier molecular flexibility index (Phi) is 5.42. The molecule has 1 aromatic rings. The third kappa shape index (κ3) is 4.59. The predicted octanol–water partition coefficient (Wildman–Crippen LogP) is 3.00. The molecule has 1 rings (SSSR count). The molecule has 2 N–H and O–H groups in total. The second kappa shape index (κ2) is 6.61. The first-order valence-corrected chi connectivity index (χ1v) is 6.29. The normalized spacial score (nSPS) is 11.4. The van der Waals surface area contributed by atoms with E-state index >= 15 is 0 Å². The largest absolute Gasteiger partial charge is 0.491 e. The number of anilines is 1. The van der Waals surface area contributed by atoms with E-state index in [-0.39, 0.29) is 17.0 Å². The van der Waals surface area contributed by atoms with Crippen molar-refractivity contribution in [1.82, 2.24) is 0 Å². The quantitative estimate of drug-likeness (QED) is 0.775. The Hall–Kier alpha value is -1.49. The van der Waals surface area contributed by atoms with E-state index in [1.807, 2.05) is 13.8 Å². The van der Waals surface area contributed by atoms with Crippen LogP contribution >= 0.6 is 0 Å². The van der Waals surface area contributed by atoms with E-state index in [9.17, 15) is 4.39 Å². The molecule has 0 aliphatic heterocycles. The van der Waals surface area contributed by atoms with Crippen LogP contribution in [0, 0.1) is 5.82 Å². The third-order valence-electron chi connectivity index (χ3n) is 2.88. The van der Waals surface area contributed by atoms with Gasteiger partial charge in [-0.3, -0.25) is 0 Å². The number of hydrogen-bond acceptors (Lipinski definition) is 4. The average molecular weight is 271 g/mol. The highest BCUT2D eigenvalue weighted by Crippen LogP contribution is 2.30. The first kappa shape index (κ1) is 15.6. The van der Waals surface area contributed by atoms with Crippen molar-refractivity contribution in [1.29, 1.82) is 0 Å². The van der Waals surface area contributed by atoms with Gasteiger partial charge in [0.15, 0.2) is 11.6 Å². The van der Waals surface area contributed by atoms with E-state index in [1.54, 1.807) is 14.0 Å². The maximum atomic E-state index is 13.5. The van der Waals surface area contributed by atoms with E-state index in [0.717, 1.165) is 0 Å². The fourth-order valence-corrected chi connectivity index (χ4v) is 1.45. The van der Waals surface area contributed by atoms with Gasteiger partial charge in [-0.2, -0.15) is 0 Å². The smallest absolute Gasteiger partial charge is 0.167 e. The van der Waals surface area contributed by atoms with Gasteiger partial charge in [0, 0.05) is 25.7 Å². The van der Waals surface area contributed by atoms with Gasteiger partial charge < -0.3 is 19.9 Å². The Morgan fingerprint density at radius 3 is 2.47 bits per heavy atom. The number of ether oxygens (including phenoxy) is 3. The summed E-state index contributed by atoms with van der Waals surface area (Å²) in [5.74, 6) is 0.0957. The molecule has 0 saturated heterocycles. The summed E-state index contributed by atoms with van der Waals surface area (Å²) in [6.07, 6.45) is 0.699. The van der Waals surface area contributed by atoms with Crippen LogP contribution in [0.25, 0.3) is 0 Å². The zero-order chi connectivity index (χ0) is 14.5. The van der Waals surface area contributed by atoms with Crippen molar-refractivity contribution >= 4 is 5.69 Å². The van der Waals surface area contributed by atoms with Gasteiger partial charge in [-0.15, -0.1) is 0 Å². The van der Waals surface area contributed by atoms with Crippen molar-refractivity contribution < 1.29 is 18.6 Å². The molecule has 5 heteroatoms. The van der Waals surface area contributed by atoms with E-state index in [2.05, 4.69) is 0 Å². The van der Waals surface area contributed by atoms with Crippen molar-refractivity contribution in [2.75, 3.05) is 26.1 Å². The zero-order valence-corrected chi connectivity index (χ0v) is 12.0. The molecule has 0 bridgehead atoms. The summed E-state index contributed by atoms with van der Waals surface area (Å²) < 4.78 is 29.5. The minimum atomic E-state index is -0.482. The number of methoxy groups -OCH3 is 1. The molecule has 0 atom stereocenters. The molecule has 4 nitrogen and oxygen atoms in total. The average Bonchev–Trinajstić information content (AvgIpc) is 2.35. The Morgan fingerprint density at radius 1 is 1.21 bits per heavy atom. The van der Waals surface area contributed by atoms with Gasteiger partial charge >= 0.3 is 0 Å². The minimum Gasteiger partial charge on any atom is -0.491 e. The first-order valence-electron chi connectivity index (χ1n) is 6.29. The van der Waals surface area contributed by atoms with Crippen molar-refractivity contribution in [3.05, 3.63) is 17.9 Å². The van der Waals surface area contributed by atoms with Gasteiger partial charge in [-0.05, 0) is 20.8 Å². The maximum absolute atomic E-state index is 13.5. The Balaban J connectivity index is 2.70. The fraction of sp³-hybridized carbons (Fsp3) is 0.571. The molecule has 0 aliphatic rings. The van der Waals surface area contributed by atoms with E-state index in [4.69, 9.17) is 19.9 Å². The summed E-state index contributed by atoms with van der Waals surface area (Å²) in [5, 5.41) is 0. The lowest BCUT2D eigenvalue weighted by atomic mass is 10.1. The number of hydrogen-bond donors (Lipinski definition) is 1. The summed E-state index contributed by atoms with van der Waals surface area (Å²) in [6.45, 7) is 6.54. The number of rotatable bonds is 7. The van der Waals surface area contributed by atoms with E-state index in [1.165, 1.54) is 12.1 Å². The van der Waals surface area contributed by atoms with E-state index < -0.39 is 5.82 Å². The Morgan fingerprint density at radius 2 is 1.89 bits per heavy atom. The molecule has 0 saturated carbocycles. The van der Waals surface area contributed by atoms with Crippen LogP contribution in [-0.4, -0.2) is 25.9 Å². The maximum Gasteiger partial charge on any atom is 0.167 e. The number of halogens is 1. The molecule has 0 amide bonds. The Labute approximate surface area is 113 Å². The highest BCUT2D eigenvalue weighted by molar-refractivity contribution is 5.56. The van der Waals surface area contributed by atoms with Crippen LogP contribution in [0.1, 0.15) is 27.2 Å². The number of nitrogens with two attached hydrogens (primary N) is 1. The molecule has 0 aliphatic carbocycles. The molecule has 0 radical (unpaired) electrons. The van der Waals surface area contributed by atoms with Gasteiger partial charge in [0.1, 0.15) is 5.75 Å². The topological polar surface area (TPSA) is 53.7 Å². The van der Waals surface area contributed by atoms with Crippen molar-refractivity contribution in [2.45, 2.75) is 32.8 Å². The number of benzene rings is 1. The SMILES string of the molecule is CCOc1cc(OCCC(C)(C)OC)c(N)cc1F. The summed E-state index contributed by atoms with van der Waals surface area (Å²) in [4.78, 5) is 0. The lowest BCUT2D eigenvalue weighted by Crippen LogP contribution is -2.25. The molecule has 0 fully saturated rings. The summed E-state index contributed by atoms with van der Waals surface area (Å²) in [7, 11) is 1.65. The lowest BCUT2D eigenvalue weighted by Gasteiger charge is -2.23. The van der Waals surface area contributed by atoms with Crippen molar-refractivity contribution in [2.24, 2.45) is 0 Å². The van der Waals surface area contributed by atoms with Crippen LogP contribution in [0.3, 0.4) is 0 Å². The van der Waals surface area contributed by atoms with Gasteiger partial charge in [0.05, 0.1) is 24.5 Å². The molecule has 1 aromatic carbocycles. The summed E-state index contributed by atoms with van der Waals surface area (Å²) in [5.41, 5.74) is 5.71. The first-order chi connectivity index (χ1) is 8.89. The van der Waals surface area contributed by atoms with E-state index in [0.29, 0.717) is 25.4 Å². The standard InChI is InChI=1S/C14H22FNO3/c1-5-18-12-9-13(11(16)8-10(12)15)19-7-6-14(2,3)17-4/h8-9H,5-7,16H2,1-4H3. The molecule has 19 heavy (non-hydrogen) atoms. The van der Waals surface area contributed by atoms with Crippen LogP contribution < -0.4 is 15.2 Å². The fourth-order valence-electron chi connectivity index (χ4n) is 1.45. The van der Waals surface area contributed by atoms with Crippen molar-refractivity contribution in [3.8, 4) is 11.5 Å². The highest BCUT2D eigenvalue weighted by atomic mass is 19.1. The molecule has 0 spiro atoms. The van der Waals surface area contributed by atoms with Crippen LogP contribution in [0.5, 0.6) is 11.5 Å².